The van der Waals surface area contributed by atoms with Gasteiger partial charge in [0.05, 0.1) is 0 Å². The number of aryl methyl sites for hydroxylation is 1. The number of benzene rings is 1. The molecule has 1 aromatic rings. The first kappa shape index (κ1) is 22.3. The van der Waals surface area contributed by atoms with Crippen LogP contribution in [0.4, 0.5) is 0 Å². The molecule has 2 aliphatic heterocycles. The Balaban J connectivity index is 1.26. The van der Waals surface area contributed by atoms with Gasteiger partial charge in [0.2, 0.25) is 11.8 Å². The third-order valence-electron chi connectivity index (χ3n) is 7.71. The van der Waals surface area contributed by atoms with Gasteiger partial charge in [-0.1, -0.05) is 37.1 Å². The predicted octanol–water partition coefficient (Wildman–Crippen LogP) is 3.69. The molecule has 0 bridgehead atoms. The summed E-state index contributed by atoms with van der Waals surface area (Å²) in [4.78, 5) is 29.5. The molecule has 3 fully saturated rings. The number of rotatable bonds is 8. The number of hydrogen-bond donors (Lipinski definition) is 1. The van der Waals surface area contributed by atoms with E-state index in [2.05, 4.69) is 46.3 Å². The lowest BCUT2D eigenvalue weighted by Crippen LogP contribution is -2.46. The van der Waals surface area contributed by atoms with E-state index in [1.54, 1.807) is 0 Å². The smallest absolute Gasteiger partial charge is 0.224 e. The summed E-state index contributed by atoms with van der Waals surface area (Å²) in [7, 11) is 0. The first-order chi connectivity index (χ1) is 15.1. The Morgan fingerprint density at radius 1 is 1.10 bits per heavy atom. The summed E-state index contributed by atoms with van der Waals surface area (Å²) < 4.78 is 0. The van der Waals surface area contributed by atoms with Gasteiger partial charge in [-0.2, -0.15) is 0 Å². The SMILES string of the molecule is Cc1ccccc1CCN1CCC(CN(C(=O)CC2CCC(=O)N2)C2CCCC2)CC1. The molecule has 4 rings (SSSR count). The van der Waals surface area contributed by atoms with Crippen molar-refractivity contribution in [2.24, 2.45) is 5.92 Å². The topological polar surface area (TPSA) is 52.7 Å². The zero-order valence-electron chi connectivity index (χ0n) is 19.2. The average Bonchev–Trinajstić information content (AvgIpc) is 3.44. The summed E-state index contributed by atoms with van der Waals surface area (Å²) >= 11 is 0. The van der Waals surface area contributed by atoms with E-state index in [4.69, 9.17) is 0 Å². The quantitative estimate of drug-likeness (QED) is 0.691. The summed E-state index contributed by atoms with van der Waals surface area (Å²) in [6.45, 7) is 6.52. The van der Waals surface area contributed by atoms with E-state index in [-0.39, 0.29) is 17.9 Å². The summed E-state index contributed by atoms with van der Waals surface area (Å²) in [5.74, 6) is 0.974. The Morgan fingerprint density at radius 3 is 2.52 bits per heavy atom. The number of carbonyl (C=O) groups is 2. The van der Waals surface area contributed by atoms with Gasteiger partial charge >= 0.3 is 0 Å². The van der Waals surface area contributed by atoms with Crippen molar-refractivity contribution in [3.05, 3.63) is 35.4 Å². The lowest BCUT2D eigenvalue weighted by atomic mass is 9.94. The largest absolute Gasteiger partial charge is 0.353 e. The molecule has 1 unspecified atom stereocenters. The van der Waals surface area contributed by atoms with Crippen LogP contribution in [0.3, 0.4) is 0 Å². The van der Waals surface area contributed by atoms with Crippen LogP contribution in [0.2, 0.25) is 0 Å². The molecular weight excluding hydrogens is 386 g/mol. The van der Waals surface area contributed by atoms with Crippen LogP contribution in [-0.4, -0.2) is 59.9 Å². The van der Waals surface area contributed by atoms with Crippen LogP contribution in [0.25, 0.3) is 0 Å². The van der Waals surface area contributed by atoms with Crippen molar-refractivity contribution < 1.29 is 9.59 Å². The van der Waals surface area contributed by atoms with Gasteiger partial charge in [-0.05, 0) is 75.6 Å². The van der Waals surface area contributed by atoms with E-state index in [0.717, 1.165) is 51.9 Å². The van der Waals surface area contributed by atoms with Crippen molar-refractivity contribution in [3.63, 3.8) is 0 Å². The van der Waals surface area contributed by atoms with Crippen LogP contribution in [0.15, 0.2) is 24.3 Å². The van der Waals surface area contributed by atoms with Gasteiger partial charge in [0, 0.05) is 38.0 Å². The lowest BCUT2D eigenvalue weighted by Gasteiger charge is -2.37. The van der Waals surface area contributed by atoms with Crippen molar-refractivity contribution in [2.75, 3.05) is 26.2 Å². The normalized spacial score (nSPS) is 23.3. The van der Waals surface area contributed by atoms with Crippen molar-refractivity contribution in [1.29, 1.82) is 0 Å². The van der Waals surface area contributed by atoms with Crippen molar-refractivity contribution in [2.45, 2.75) is 83.2 Å². The second-order valence-electron chi connectivity index (χ2n) is 9.95. The second kappa shape index (κ2) is 10.6. The molecule has 1 aromatic carbocycles. The van der Waals surface area contributed by atoms with Crippen molar-refractivity contribution >= 4 is 11.8 Å². The van der Waals surface area contributed by atoms with Crippen LogP contribution >= 0.6 is 0 Å². The Hall–Kier alpha value is -1.88. The number of piperidine rings is 1. The molecule has 170 valence electrons. The maximum Gasteiger partial charge on any atom is 0.224 e. The van der Waals surface area contributed by atoms with E-state index in [1.165, 1.54) is 36.8 Å². The Bertz CT molecular complexity index is 751. The molecule has 1 aliphatic carbocycles. The summed E-state index contributed by atoms with van der Waals surface area (Å²) in [6.07, 6.45) is 10.1. The van der Waals surface area contributed by atoms with Crippen LogP contribution in [0, 0.1) is 12.8 Å². The molecule has 5 nitrogen and oxygen atoms in total. The number of carbonyl (C=O) groups excluding carboxylic acids is 2. The maximum atomic E-state index is 13.2. The fourth-order valence-corrected chi connectivity index (χ4v) is 5.67. The molecular formula is C26H39N3O2. The maximum absolute atomic E-state index is 13.2. The van der Waals surface area contributed by atoms with Gasteiger partial charge in [0.15, 0.2) is 0 Å². The molecule has 5 heteroatoms. The van der Waals surface area contributed by atoms with Gasteiger partial charge in [0.25, 0.3) is 0 Å². The minimum absolute atomic E-state index is 0.0483. The molecule has 31 heavy (non-hydrogen) atoms. The van der Waals surface area contributed by atoms with E-state index in [9.17, 15) is 9.59 Å². The fourth-order valence-electron chi connectivity index (χ4n) is 5.67. The van der Waals surface area contributed by atoms with E-state index >= 15 is 0 Å². The van der Waals surface area contributed by atoms with Crippen molar-refractivity contribution in [3.8, 4) is 0 Å². The van der Waals surface area contributed by atoms with Gasteiger partial charge in [-0.3, -0.25) is 9.59 Å². The van der Waals surface area contributed by atoms with Crippen LogP contribution in [-0.2, 0) is 16.0 Å². The molecule has 0 aromatic heterocycles. The lowest BCUT2D eigenvalue weighted by molar-refractivity contribution is -0.135. The number of likely N-dealkylation sites (tertiary alicyclic amines) is 1. The highest BCUT2D eigenvalue weighted by Crippen LogP contribution is 2.28. The highest BCUT2D eigenvalue weighted by molar-refractivity contribution is 5.82. The Labute approximate surface area is 187 Å². The predicted molar refractivity (Wildman–Crippen MR) is 124 cm³/mol. The molecule has 3 aliphatic rings. The molecule has 2 amide bonds. The third-order valence-corrected chi connectivity index (χ3v) is 7.71. The summed E-state index contributed by atoms with van der Waals surface area (Å²) in [5.41, 5.74) is 2.85. The molecule has 2 heterocycles. The average molecular weight is 426 g/mol. The minimum atomic E-state index is 0.0483. The Morgan fingerprint density at radius 2 is 1.84 bits per heavy atom. The third kappa shape index (κ3) is 6.09. The van der Waals surface area contributed by atoms with Crippen LogP contribution in [0.1, 0.15) is 68.9 Å². The fraction of sp³-hybridized carbons (Fsp3) is 0.692. The van der Waals surface area contributed by atoms with Gasteiger partial charge in [-0.15, -0.1) is 0 Å². The summed E-state index contributed by atoms with van der Waals surface area (Å²) in [6, 6.07) is 9.17. The second-order valence-corrected chi connectivity index (χ2v) is 9.95. The van der Waals surface area contributed by atoms with E-state index in [0.29, 0.717) is 24.8 Å². The van der Waals surface area contributed by atoms with Crippen LogP contribution < -0.4 is 5.32 Å². The van der Waals surface area contributed by atoms with E-state index < -0.39 is 0 Å². The van der Waals surface area contributed by atoms with Gasteiger partial charge < -0.3 is 15.1 Å². The molecule has 2 saturated heterocycles. The molecule has 0 radical (unpaired) electrons. The highest BCUT2D eigenvalue weighted by Gasteiger charge is 2.32. The Kier molecular flexibility index (Phi) is 7.65. The molecule has 1 N–H and O–H groups in total. The zero-order chi connectivity index (χ0) is 21.6. The first-order valence-electron chi connectivity index (χ1n) is 12.4. The molecule has 1 atom stereocenters. The van der Waals surface area contributed by atoms with Gasteiger partial charge in [0.1, 0.15) is 0 Å². The monoisotopic (exact) mass is 425 g/mol. The standard InChI is InChI=1S/C26H39N3O2/c1-20-6-2-3-7-22(20)14-17-28-15-12-21(13-16-28)19-29(24-8-4-5-9-24)26(31)18-23-10-11-25(30)27-23/h2-3,6-7,21,23-24H,4-5,8-19H2,1H3,(H,27,30). The molecule has 1 saturated carbocycles. The highest BCUT2D eigenvalue weighted by atomic mass is 16.2. The zero-order valence-corrected chi connectivity index (χ0v) is 19.2. The minimum Gasteiger partial charge on any atom is -0.353 e. The van der Waals surface area contributed by atoms with Crippen LogP contribution in [0.5, 0.6) is 0 Å². The number of amides is 2. The number of hydrogen-bond acceptors (Lipinski definition) is 3. The first-order valence-corrected chi connectivity index (χ1v) is 12.4. The number of nitrogens with zero attached hydrogens (tertiary/aromatic N) is 2. The number of nitrogens with one attached hydrogen (secondary N) is 1. The summed E-state index contributed by atoms with van der Waals surface area (Å²) in [5, 5.41) is 2.98. The van der Waals surface area contributed by atoms with Gasteiger partial charge in [-0.25, -0.2) is 0 Å². The van der Waals surface area contributed by atoms with Crippen molar-refractivity contribution in [1.82, 2.24) is 15.1 Å². The van der Waals surface area contributed by atoms with E-state index in [1.807, 2.05) is 0 Å². The molecule has 0 spiro atoms.